The number of esters is 1. The summed E-state index contributed by atoms with van der Waals surface area (Å²) in [6.45, 7) is 5.38. The Morgan fingerprint density at radius 3 is 2.58 bits per heavy atom. The average Bonchev–Trinajstić information content (AvgIpc) is 2.62. The molecule has 144 valence electrons. The van der Waals surface area contributed by atoms with E-state index in [1.54, 1.807) is 30.0 Å². The third-order valence-corrected chi connectivity index (χ3v) is 4.49. The number of rotatable bonds is 10. The lowest BCUT2D eigenvalue weighted by Crippen LogP contribution is -2.44. The number of hydrogen-bond acceptors (Lipinski definition) is 5. The third kappa shape index (κ3) is 7.91. The smallest absolute Gasteiger partial charge is 0.329 e. The molecule has 0 aliphatic rings. The van der Waals surface area contributed by atoms with Gasteiger partial charge in [-0.3, -0.25) is 9.59 Å². The van der Waals surface area contributed by atoms with Crippen molar-refractivity contribution in [2.45, 2.75) is 45.7 Å². The maximum absolute atomic E-state index is 12.4. The number of thioether (sulfide) groups is 1. The van der Waals surface area contributed by atoms with E-state index in [4.69, 9.17) is 4.74 Å². The minimum absolute atomic E-state index is 0.0227. The molecule has 0 unspecified atom stereocenters. The fraction of sp³-hybridized carbons (Fsp3) is 0.526. The molecular weight excluding hydrogens is 352 g/mol. The fourth-order valence-electron chi connectivity index (χ4n) is 2.17. The first-order valence-corrected chi connectivity index (χ1v) is 10.1. The van der Waals surface area contributed by atoms with Gasteiger partial charge in [-0.2, -0.15) is 11.8 Å². The number of aryl methyl sites for hydroxylation is 1. The molecule has 2 N–H and O–H groups in total. The average molecular weight is 381 g/mol. The number of ether oxygens (including phenoxy) is 1. The lowest BCUT2D eigenvalue weighted by molar-refractivity contribution is -0.150. The molecule has 0 saturated carbocycles. The predicted octanol–water partition coefficient (Wildman–Crippen LogP) is 2.30. The second-order valence-corrected chi connectivity index (χ2v) is 7.15. The van der Waals surface area contributed by atoms with E-state index in [9.17, 15) is 14.4 Å². The molecule has 0 aliphatic carbocycles. The van der Waals surface area contributed by atoms with Crippen molar-refractivity contribution in [2.24, 2.45) is 0 Å². The molecule has 2 amide bonds. The van der Waals surface area contributed by atoms with Crippen LogP contribution < -0.4 is 10.6 Å². The zero-order chi connectivity index (χ0) is 19.5. The minimum Gasteiger partial charge on any atom is -0.454 e. The summed E-state index contributed by atoms with van der Waals surface area (Å²) in [5.41, 5.74) is 1.45. The van der Waals surface area contributed by atoms with Gasteiger partial charge in [-0.1, -0.05) is 24.6 Å². The Kier molecular flexibility index (Phi) is 9.80. The summed E-state index contributed by atoms with van der Waals surface area (Å²) in [7, 11) is 0. The summed E-state index contributed by atoms with van der Waals surface area (Å²) in [4.78, 5) is 36.5. The monoisotopic (exact) mass is 380 g/mol. The minimum atomic E-state index is -0.785. The van der Waals surface area contributed by atoms with Crippen LogP contribution in [0.25, 0.3) is 0 Å². The summed E-state index contributed by atoms with van der Waals surface area (Å²) in [6, 6.07) is 6.37. The van der Waals surface area contributed by atoms with Crippen molar-refractivity contribution < 1.29 is 19.1 Å². The van der Waals surface area contributed by atoms with E-state index in [0.717, 1.165) is 12.0 Å². The van der Waals surface area contributed by atoms with Crippen LogP contribution in [0.2, 0.25) is 0 Å². The van der Waals surface area contributed by atoms with Gasteiger partial charge >= 0.3 is 5.97 Å². The highest BCUT2D eigenvalue weighted by Crippen LogP contribution is 2.07. The Morgan fingerprint density at radius 1 is 1.23 bits per heavy atom. The number of carbonyl (C=O) groups excluding carboxylic acids is 3. The van der Waals surface area contributed by atoms with Crippen LogP contribution in [0.3, 0.4) is 0 Å². The second-order valence-electron chi connectivity index (χ2n) is 6.16. The van der Waals surface area contributed by atoms with Crippen molar-refractivity contribution in [1.29, 1.82) is 0 Å². The molecular formula is C19H28N2O4S. The van der Waals surface area contributed by atoms with Gasteiger partial charge in [0.05, 0.1) is 0 Å². The number of nitrogens with one attached hydrogen (secondary N) is 2. The normalized spacial score (nSPS) is 12.8. The molecule has 1 aromatic carbocycles. The molecule has 7 heteroatoms. The van der Waals surface area contributed by atoms with E-state index in [-0.39, 0.29) is 24.5 Å². The van der Waals surface area contributed by atoms with Crippen molar-refractivity contribution in [3.8, 4) is 0 Å². The molecule has 2 atom stereocenters. The van der Waals surface area contributed by atoms with E-state index in [1.165, 1.54) is 0 Å². The third-order valence-electron chi connectivity index (χ3n) is 3.85. The maximum atomic E-state index is 12.4. The van der Waals surface area contributed by atoms with Crippen molar-refractivity contribution in [2.75, 3.05) is 18.6 Å². The predicted molar refractivity (Wildman–Crippen MR) is 104 cm³/mol. The van der Waals surface area contributed by atoms with Crippen LogP contribution in [-0.4, -0.2) is 48.5 Å². The molecule has 1 aromatic rings. The molecule has 0 aliphatic heterocycles. The first-order valence-electron chi connectivity index (χ1n) is 8.69. The van der Waals surface area contributed by atoms with Gasteiger partial charge in [0.15, 0.2) is 6.61 Å². The summed E-state index contributed by atoms with van der Waals surface area (Å²) in [6.07, 6.45) is 3.15. The molecule has 0 aromatic heterocycles. The first-order chi connectivity index (χ1) is 12.4. The van der Waals surface area contributed by atoms with Gasteiger partial charge in [-0.25, -0.2) is 4.79 Å². The molecule has 0 radical (unpaired) electrons. The van der Waals surface area contributed by atoms with Gasteiger partial charge in [0.1, 0.15) is 6.04 Å². The van der Waals surface area contributed by atoms with Crippen LogP contribution in [0.5, 0.6) is 0 Å². The molecule has 1 rings (SSSR count). The van der Waals surface area contributed by atoms with Gasteiger partial charge in [0.2, 0.25) is 0 Å². The lowest BCUT2D eigenvalue weighted by Gasteiger charge is -2.18. The Labute approximate surface area is 159 Å². The van der Waals surface area contributed by atoms with Crippen LogP contribution in [0, 0.1) is 6.92 Å². The van der Waals surface area contributed by atoms with Gasteiger partial charge in [-0.15, -0.1) is 0 Å². The molecule has 0 bridgehead atoms. The topological polar surface area (TPSA) is 84.5 Å². The standard InChI is InChI=1S/C19H28N2O4S/c1-5-14(3)20-17(22)12-25-19(24)16(9-10-26-4)21-18(23)15-8-6-7-13(2)11-15/h6-8,11,14,16H,5,9-10,12H2,1-4H3,(H,20,22)(H,21,23)/t14-,16+/m1/s1. The van der Waals surface area contributed by atoms with Gasteiger partial charge in [0, 0.05) is 11.6 Å². The van der Waals surface area contributed by atoms with Crippen molar-refractivity contribution >= 4 is 29.5 Å². The van der Waals surface area contributed by atoms with Gasteiger partial charge in [0.25, 0.3) is 11.8 Å². The van der Waals surface area contributed by atoms with Crippen molar-refractivity contribution in [1.82, 2.24) is 10.6 Å². The van der Waals surface area contributed by atoms with E-state index >= 15 is 0 Å². The number of hydrogen-bond donors (Lipinski definition) is 2. The van der Waals surface area contributed by atoms with Crippen molar-refractivity contribution in [3.05, 3.63) is 35.4 Å². The Hall–Kier alpha value is -2.02. The van der Waals surface area contributed by atoms with Crippen LogP contribution in [-0.2, 0) is 14.3 Å². The van der Waals surface area contributed by atoms with Gasteiger partial charge < -0.3 is 15.4 Å². The van der Waals surface area contributed by atoms with Crippen LogP contribution in [0.4, 0.5) is 0 Å². The molecule has 6 nitrogen and oxygen atoms in total. The van der Waals surface area contributed by atoms with Gasteiger partial charge in [-0.05, 0) is 50.8 Å². The molecule has 26 heavy (non-hydrogen) atoms. The highest BCUT2D eigenvalue weighted by molar-refractivity contribution is 7.98. The maximum Gasteiger partial charge on any atom is 0.329 e. The summed E-state index contributed by atoms with van der Waals surface area (Å²) < 4.78 is 5.09. The summed E-state index contributed by atoms with van der Waals surface area (Å²) in [5.74, 6) is -0.589. The summed E-state index contributed by atoms with van der Waals surface area (Å²) >= 11 is 1.57. The second kappa shape index (κ2) is 11.6. The van der Waals surface area contributed by atoms with Crippen molar-refractivity contribution in [3.63, 3.8) is 0 Å². The Bertz CT molecular complexity index is 621. The molecule has 0 spiro atoms. The zero-order valence-electron chi connectivity index (χ0n) is 15.8. The van der Waals surface area contributed by atoms with E-state index < -0.39 is 12.0 Å². The number of amides is 2. The quantitative estimate of drug-likeness (QED) is 0.609. The zero-order valence-corrected chi connectivity index (χ0v) is 16.7. The SMILES string of the molecule is CC[C@@H](C)NC(=O)COC(=O)[C@H](CCSC)NC(=O)c1cccc(C)c1. The van der Waals surface area contributed by atoms with E-state index in [2.05, 4.69) is 10.6 Å². The van der Waals surface area contributed by atoms with Crippen LogP contribution in [0.15, 0.2) is 24.3 Å². The van der Waals surface area contributed by atoms with E-state index in [1.807, 2.05) is 33.1 Å². The fourth-order valence-corrected chi connectivity index (χ4v) is 2.64. The summed E-state index contributed by atoms with van der Waals surface area (Å²) in [5, 5.41) is 5.44. The van der Waals surface area contributed by atoms with Crippen LogP contribution >= 0.6 is 11.8 Å². The van der Waals surface area contributed by atoms with E-state index in [0.29, 0.717) is 17.7 Å². The highest BCUT2D eigenvalue weighted by Gasteiger charge is 2.23. The molecule has 0 heterocycles. The number of benzene rings is 1. The Balaban J connectivity index is 2.65. The Morgan fingerprint density at radius 2 is 1.96 bits per heavy atom. The van der Waals surface area contributed by atoms with Crippen LogP contribution in [0.1, 0.15) is 42.6 Å². The largest absolute Gasteiger partial charge is 0.454 e. The lowest BCUT2D eigenvalue weighted by atomic mass is 10.1. The molecule has 0 fully saturated rings. The highest BCUT2D eigenvalue weighted by atomic mass is 32.2. The molecule has 0 saturated heterocycles. The first kappa shape index (κ1) is 22.0. The number of carbonyl (C=O) groups is 3.